The zero-order valence-electron chi connectivity index (χ0n) is 14.6. The molecule has 0 radical (unpaired) electrons. The van der Waals surface area contributed by atoms with E-state index in [2.05, 4.69) is 20.9 Å². The molecule has 0 aliphatic rings. The Kier molecular flexibility index (Phi) is 4.60. The van der Waals surface area contributed by atoms with Crippen molar-refractivity contribution in [3.63, 3.8) is 0 Å². The second-order valence-corrected chi connectivity index (χ2v) is 6.50. The number of hydrogen-bond donors (Lipinski definition) is 2. The first kappa shape index (κ1) is 17.2. The summed E-state index contributed by atoms with van der Waals surface area (Å²) in [6, 6.07) is 15.3. The van der Waals surface area contributed by atoms with E-state index in [-0.39, 0.29) is 5.91 Å². The smallest absolute Gasteiger partial charge is 0.216 e. The quantitative estimate of drug-likeness (QED) is 0.519. The lowest BCUT2D eigenvalue weighted by molar-refractivity contribution is -0.118. The third-order valence-electron chi connectivity index (χ3n) is 4.16. The summed E-state index contributed by atoms with van der Waals surface area (Å²) in [6.45, 7) is 2.57. The topological polar surface area (TPSA) is 84.2 Å². The molecule has 8 heteroatoms. The van der Waals surface area contributed by atoms with Gasteiger partial charge in [0.15, 0.2) is 5.65 Å². The maximum absolute atomic E-state index is 11.0. The molecule has 0 spiro atoms. The molecule has 0 fully saturated rings. The minimum Gasteiger partial charge on any atom is -0.368 e. The molecule has 2 heterocycles. The van der Waals surface area contributed by atoms with Crippen molar-refractivity contribution >= 4 is 39.9 Å². The number of nitrogens with zero attached hydrogens (tertiary/aromatic N) is 4. The molecule has 0 saturated carbocycles. The van der Waals surface area contributed by atoms with Gasteiger partial charge in [0.2, 0.25) is 5.91 Å². The fourth-order valence-corrected chi connectivity index (χ4v) is 3.04. The molecule has 7 nitrogen and oxygen atoms in total. The summed E-state index contributed by atoms with van der Waals surface area (Å²) in [6.07, 6.45) is 0. The SMILES string of the molecule is CC(=O)NCCNc1nc2c(-c3ccc(Cl)cc3)nnn2c2ccccc12. The molecule has 4 rings (SSSR count). The average Bonchev–Trinajstić information content (AvgIpc) is 3.09. The molecule has 27 heavy (non-hydrogen) atoms. The third kappa shape index (κ3) is 3.41. The van der Waals surface area contributed by atoms with Gasteiger partial charge in [-0.25, -0.2) is 4.98 Å². The van der Waals surface area contributed by atoms with Crippen molar-refractivity contribution in [2.45, 2.75) is 6.92 Å². The van der Waals surface area contributed by atoms with Crippen molar-refractivity contribution < 1.29 is 4.79 Å². The van der Waals surface area contributed by atoms with E-state index in [9.17, 15) is 4.79 Å². The Hall–Kier alpha value is -3.19. The Bertz CT molecular complexity index is 1120. The predicted octanol–water partition coefficient (Wildman–Crippen LogP) is 3.15. The number of aromatic nitrogens is 4. The Labute approximate surface area is 160 Å². The monoisotopic (exact) mass is 380 g/mol. The first-order chi connectivity index (χ1) is 13.1. The molecule has 0 aliphatic heterocycles. The molecule has 1 amide bonds. The highest BCUT2D eigenvalue weighted by Gasteiger charge is 2.15. The number of benzene rings is 2. The molecular weight excluding hydrogens is 364 g/mol. The van der Waals surface area contributed by atoms with Gasteiger partial charge in [0, 0.05) is 36.0 Å². The van der Waals surface area contributed by atoms with Gasteiger partial charge >= 0.3 is 0 Å². The van der Waals surface area contributed by atoms with Gasteiger partial charge in [-0.15, -0.1) is 5.10 Å². The second kappa shape index (κ2) is 7.20. The minimum atomic E-state index is -0.0601. The van der Waals surface area contributed by atoms with E-state index in [0.29, 0.717) is 29.5 Å². The molecule has 0 bridgehead atoms. The Morgan fingerprint density at radius 2 is 1.89 bits per heavy atom. The molecule has 2 aromatic heterocycles. The molecule has 0 unspecified atom stereocenters. The lowest BCUT2D eigenvalue weighted by Gasteiger charge is -2.10. The third-order valence-corrected chi connectivity index (χ3v) is 4.41. The van der Waals surface area contributed by atoms with Gasteiger partial charge in [-0.3, -0.25) is 4.79 Å². The average molecular weight is 381 g/mol. The number of amides is 1. The molecule has 4 aromatic rings. The van der Waals surface area contributed by atoms with E-state index in [4.69, 9.17) is 16.6 Å². The number of anilines is 1. The van der Waals surface area contributed by atoms with Crippen molar-refractivity contribution in [1.29, 1.82) is 0 Å². The zero-order chi connectivity index (χ0) is 18.8. The van der Waals surface area contributed by atoms with Crippen LogP contribution in [0.3, 0.4) is 0 Å². The van der Waals surface area contributed by atoms with Crippen molar-refractivity contribution in [2.75, 3.05) is 18.4 Å². The van der Waals surface area contributed by atoms with Gasteiger partial charge in [-0.2, -0.15) is 4.52 Å². The van der Waals surface area contributed by atoms with Gasteiger partial charge in [-0.05, 0) is 24.3 Å². The van der Waals surface area contributed by atoms with Crippen LogP contribution < -0.4 is 10.6 Å². The van der Waals surface area contributed by atoms with Crippen LogP contribution in [-0.2, 0) is 4.79 Å². The second-order valence-electron chi connectivity index (χ2n) is 6.07. The molecule has 2 aromatic carbocycles. The molecule has 136 valence electrons. The van der Waals surface area contributed by atoms with Crippen molar-refractivity contribution in [1.82, 2.24) is 25.1 Å². The molecule has 0 saturated heterocycles. The van der Waals surface area contributed by atoms with Crippen LogP contribution in [0.15, 0.2) is 48.5 Å². The number of nitrogens with one attached hydrogen (secondary N) is 2. The number of rotatable bonds is 5. The molecular formula is C19H17ClN6O. The van der Waals surface area contributed by atoms with Crippen LogP contribution in [0.1, 0.15) is 6.92 Å². The minimum absolute atomic E-state index is 0.0601. The first-order valence-corrected chi connectivity index (χ1v) is 8.89. The van der Waals surface area contributed by atoms with Crippen LogP contribution in [-0.4, -0.2) is 38.8 Å². The lowest BCUT2D eigenvalue weighted by Crippen LogP contribution is -2.26. The fourth-order valence-electron chi connectivity index (χ4n) is 2.91. The van der Waals surface area contributed by atoms with E-state index >= 15 is 0 Å². The fraction of sp³-hybridized carbons (Fsp3) is 0.158. The highest BCUT2D eigenvalue weighted by Crippen LogP contribution is 2.28. The van der Waals surface area contributed by atoms with Crippen LogP contribution >= 0.6 is 11.6 Å². The number of halogens is 1. The number of carbonyl (C=O) groups excluding carboxylic acids is 1. The van der Waals surface area contributed by atoms with Gasteiger partial charge < -0.3 is 10.6 Å². The highest BCUT2D eigenvalue weighted by atomic mass is 35.5. The largest absolute Gasteiger partial charge is 0.368 e. The van der Waals surface area contributed by atoms with Gasteiger partial charge in [0.25, 0.3) is 0 Å². The van der Waals surface area contributed by atoms with Crippen molar-refractivity contribution in [3.05, 3.63) is 53.6 Å². The van der Waals surface area contributed by atoms with Crippen LogP contribution in [0.25, 0.3) is 27.8 Å². The van der Waals surface area contributed by atoms with E-state index in [1.807, 2.05) is 48.5 Å². The van der Waals surface area contributed by atoms with Gasteiger partial charge in [0.05, 0.1) is 5.52 Å². The summed E-state index contributed by atoms with van der Waals surface area (Å²) in [5.41, 5.74) is 3.12. The van der Waals surface area contributed by atoms with E-state index in [1.54, 1.807) is 4.52 Å². The Morgan fingerprint density at radius 3 is 2.67 bits per heavy atom. The number of carbonyl (C=O) groups is 1. The van der Waals surface area contributed by atoms with Gasteiger partial charge in [-0.1, -0.05) is 41.1 Å². The van der Waals surface area contributed by atoms with Crippen molar-refractivity contribution in [2.24, 2.45) is 0 Å². The van der Waals surface area contributed by atoms with E-state index in [0.717, 1.165) is 22.3 Å². The lowest BCUT2D eigenvalue weighted by atomic mass is 10.1. The number of fused-ring (bicyclic) bond motifs is 3. The Balaban J connectivity index is 1.80. The summed E-state index contributed by atoms with van der Waals surface area (Å²) in [7, 11) is 0. The number of para-hydroxylation sites is 1. The summed E-state index contributed by atoms with van der Waals surface area (Å²) >= 11 is 5.99. The Morgan fingerprint density at radius 1 is 1.11 bits per heavy atom. The molecule has 0 atom stereocenters. The van der Waals surface area contributed by atoms with E-state index in [1.165, 1.54) is 6.92 Å². The summed E-state index contributed by atoms with van der Waals surface area (Å²) in [5, 5.41) is 16.3. The van der Waals surface area contributed by atoms with Crippen LogP contribution in [0, 0.1) is 0 Å². The summed E-state index contributed by atoms with van der Waals surface area (Å²) < 4.78 is 1.73. The highest BCUT2D eigenvalue weighted by molar-refractivity contribution is 6.30. The maximum Gasteiger partial charge on any atom is 0.216 e. The number of hydrogen-bond acceptors (Lipinski definition) is 5. The normalized spacial score (nSPS) is 11.0. The van der Waals surface area contributed by atoms with E-state index < -0.39 is 0 Å². The zero-order valence-corrected chi connectivity index (χ0v) is 15.4. The summed E-state index contributed by atoms with van der Waals surface area (Å²) in [4.78, 5) is 15.8. The maximum atomic E-state index is 11.0. The predicted molar refractivity (Wildman–Crippen MR) is 106 cm³/mol. The molecule has 2 N–H and O–H groups in total. The van der Waals surface area contributed by atoms with Crippen LogP contribution in [0.5, 0.6) is 0 Å². The van der Waals surface area contributed by atoms with Crippen LogP contribution in [0.2, 0.25) is 5.02 Å². The molecule has 0 aliphatic carbocycles. The summed E-state index contributed by atoms with van der Waals surface area (Å²) in [5.74, 6) is 0.663. The van der Waals surface area contributed by atoms with Crippen molar-refractivity contribution in [3.8, 4) is 11.3 Å². The van der Waals surface area contributed by atoms with Gasteiger partial charge in [0.1, 0.15) is 11.5 Å². The standard InChI is InChI=1S/C19H17ClN6O/c1-12(27)21-10-11-22-18-15-4-2-3-5-16(15)26-19(23-18)17(24-25-26)13-6-8-14(20)9-7-13/h2-9H,10-11H2,1H3,(H,21,27)(H,22,23). The first-order valence-electron chi connectivity index (χ1n) is 8.52. The van der Waals surface area contributed by atoms with Crippen LogP contribution in [0.4, 0.5) is 5.82 Å².